The minimum atomic E-state index is 0.498. The Kier molecular flexibility index (Phi) is 5.43. The van der Waals surface area contributed by atoms with Gasteiger partial charge in [0.25, 0.3) is 0 Å². The summed E-state index contributed by atoms with van der Waals surface area (Å²) in [6.45, 7) is 8.54. The van der Waals surface area contributed by atoms with Crippen LogP contribution in [0, 0.1) is 18.3 Å². The molecule has 0 amide bonds. The van der Waals surface area contributed by atoms with E-state index < -0.39 is 0 Å². The summed E-state index contributed by atoms with van der Waals surface area (Å²) >= 11 is 0. The van der Waals surface area contributed by atoms with Gasteiger partial charge in [-0.15, -0.1) is 6.42 Å². The van der Waals surface area contributed by atoms with Gasteiger partial charge in [-0.1, -0.05) is 39.0 Å². The summed E-state index contributed by atoms with van der Waals surface area (Å²) in [7, 11) is 0. The molecular weight excluding hydrogens is 244 g/mol. The van der Waals surface area contributed by atoms with Crippen LogP contribution in [0.25, 0.3) is 0 Å². The van der Waals surface area contributed by atoms with Gasteiger partial charge in [0.05, 0.1) is 5.70 Å². The van der Waals surface area contributed by atoms with Crippen molar-refractivity contribution < 1.29 is 0 Å². The van der Waals surface area contributed by atoms with E-state index in [1.165, 1.54) is 37.8 Å². The molecule has 2 rings (SSSR count). The summed E-state index contributed by atoms with van der Waals surface area (Å²) in [5.74, 6) is 3.40. The van der Waals surface area contributed by atoms with Crippen molar-refractivity contribution in [3.8, 4) is 12.3 Å². The van der Waals surface area contributed by atoms with Crippen molar-refractivity contribution in [3.05, 3.63) is 11.3 Å². The highest BCUT2D eigenvalue weighted by Gasteiger charge is 2.25. The van der Waals surface area contributed by atoms with Crippen LogP contribution < -0.4 is 0 Å². The first-order valence-electron chi connectivity index (χ1n) is 8.09. The Hall–Kier alpha value is -1.07. The highest BCUT2D eigenvalue weighted by atomic mass is 15.2. The monoisotopic (exact) mass is 272 g/mol. The summed E-state index contributed by atoms with van der Waals surface area (Å²) in [6.07, 6.45) is 13.6. The van der Waals surface area contributed by atoms with Gasteiger partial charge >= 0.3 is 0 Å². The van der Waals surface area contributed by atoms with Crippen LogP contribution in [0.15, 0.2) is 16.3 Å². The van der Waals surface area contributed by atoms with Gasteiger partial charge in [-0.2, -0.15) is 0 Å². The third-order valence-electron chi connectivity index (χ3n) is 4.76. The predicted molar refractivity (Wildman–Crippen MR) is 86.9 cm³/mol. The van der Waals surface area contributed by atoms with E-state index in [4.69, 9.17) is 11.4 Å². The molecule has 20 heavy (non-hydrogen) atoms. The molecule has 1 heterocycles. The third kappa shape index (κ3) is 3.73. The van der Waals surface area contributed by atoms with E-state index in [1.807, 2.05) is 0 Å². The predicted octanol–water partition coefficient (Wildman–Crippen LogP) is 4.03. The van der Waals surface area contributed by atoms with E-state index >= 15 is 0 Å². The van der Waals surface area contributed by atoms with E-state index in [9.17, 15) is 0 Å². The van der Waals surface area contributed by atoms with E-state index in [1.54, 1.807) is 0 Å². The maximum absolute atomic E-state index is 5.73. The van der Waals surface area contributed by atoms with Crippen LogP contribution in [-0.2, 0) is 0 Å². The maximum Gasteiger partial charge on any atom is 0.0544 e. The summed E-state index contributed by atoms with van der Waals surface area (Å²) in [5, 5.41) is 0. The fourth-order valence-corrected chi connectivity index (χ4v) is 3.13. The van der Waals surface area contributed by atoms with Crippen LogP contribution in [0.5, 0.6) is 0 Å². The minimum Gasteiger partial charge on any atom is -0.295 e. The zero-order chi connectivity index (χ0) is 14.5. The summed E-state index contributed by atoms with van der Waals surface area (Å²) in [4.78, 5) is 7.39. The van der Waals surface area contributed by atoms with Crippen LogP contribution in [0.1, 0.15) is 59.3 Å². The average Bonchev–Trinajstić information content (AvgIpc) is 2.48. The second-order valence-electron chi connectivity index (χ2n) is 6.49. The molecule has 0 unspecified atom stereocenters. The molecule has 2 aliphatic rings. The van der Waals surface area contributed by atoms with Gasteiger partial charge in [0.1, 0.15) is 0 Å². The van der Waals surface area contributed by atoms with Gasteiger partial charge in [0.2, 0.25) is 0 Å². The zero-order valence-corrected chi connectivity index (χ0v) is 13.3. The normalized spacial score (nSPS) is 23.2. The first kappa shape index (κ1) is 15.3. The van der Waals surface area contributed by atoms with Crippen LogP contribution in [-0.4, -0.2) is 29.7 Å². The van der Waals surface area contributed by atoms with Gasteiger partial charge in [-0.3, -0.25) is 9.89 Å². The molecule has 0 bridgehead atoms. The highest BCUT2D eigenvalue weighted by Crippen LogP contribution is 2.28. The van der Waals surface area contributed by atoms with Crippen LogP contribution in [0.4, 0.5) is 0 Å². The smallest absolute Gasteiger partial charge is 0.0544 e. The lowest BCUT2D eigenvalue weighted by atomic mass is 9.92. The standard InChI is InChI=1S/C18H28N2/c1-5-16-13-20(17-9-7-6-8-10-17)12-11-18(16)19-15(4)14(2)3/h1,14,17H,6-13H2,2-4H3/b19-15+. The number of aliphatic imine (C=N–C) groups is 1. The molecular formula is C18H28N2. The van der Waals surface area contributed by atoms with Crippen molar-refractivity contribution in [1.82, 2.24) is 4.90 Å². The highest BCUT2D eigenvalue weighted by molar-refractivity contribution is 5.84. The number of hydrogen-bond donors (Lipinski definition) is 0. The molecule has 2 heteroatoms. The number of nitrogens with zero attached hydrogens (tertiary/aromatic N) is 2. The van der Waals surface area contributed by atoms with Crippen molar-refractivity contribution >= 4 is 5.71 Å². The van der Waals surface area contributed by atoms with Gasteiger partial charge in [-0.05, 0) is 25.7 Å². The Labute approximate surface area is 124 Å². The molecule has 0 aromatic heterocycles. The van der Waals surface area contributed by atoms with Crippen LogP contribution in [0.3, 0.4) is 0 Å². The molecule has 1 saturated carbocycles. The van der Waals surface area contributed by atoms with Gasteiger partial charge in [0, 0.05) is 36.8 Å². The number of hydrogen-bond acceptors (Lipinski definition) is 2. The largest absolute Gasteiger partial charge is 0.295 e. The second kappa shape index (κ2) is 7.09. The molecule has 0 aromatic rings. The second-order valence-corrected chi connectivity index (χ2v) is 6.49. The van der Waals surface area contributed by atoms with Crippen molar-refractivity contribution in [2.75, 3.05) is 13.1 Å². The lowest BCUT2D eigenvalue weighted by Gasteiger charge is -2.37. The summed E-state index contributed by atoms with van der Waals surface area (Å²) in [5.41, 5.74) is 3.46. The molecule has 1 aliphatic carbocycles. The molecule has 2 nitrogen and oxygen atoms in total. The topological polar surface area (TPSA) is 15.6 Å². The Morgan fingerprint density at radius 2 is 2.00 bits per heavy atom. The first-order chi connectivity index (χ1) is 9.61. The Morgan fingerprint density at radius 1 is 1.30 bits per heavy atom. The molecule has 110 valence electrons. The lowest BCUT2D eigenvalue weighted by Crippen LogP contribution is -2.41. The SMILES string of the molecule is C#CC1=C(/N=C(\C)C(C)C)CCN(C2CCCCC2)C1. The van der Waals surface area contributed by atoms with Crippen LogP contribution >= 0.6 is 0 Å². The summed E-state index contributed by atoms with van der Waals surface area (Å²) < 4.78 is 0. The van der Waals surface area contributed by atoms with Crippen molar-refractivity contribution in [2.45, 2.75) is 65.3 Å². The molecule has 0 aromatic carbocycles. The molecule has 0 spiro atoms. The quantitative estimate of drug-likeness (QED) is 0.559. The lowest BCUT2D eigenvalue weighted by molar-refractivity contribution is 0.164. The third-order valence-corrected chi connectivity index (χ3v) is 4.76. The Bertz CT molecular complexity index is 431. The summed E-state index contributed by atoms with van der Waals surface area (Å²) in [6, 6.07) is 0.754. The number of terminal acetylenes is 1. The van der Waals surface area contributed by atoms with E-state index in [0.29, 0.717) is 5.92 Å². The van der Waals surface area contributed by atoms with Gasteiger partial charge in [-0.25, -0.2) is 0 Å². The minimum absolute atomic E-state index is 0.498. The van der Waals surface area contributed by atoms with E-state index in [0.717, 1.165) is 36.8 Å². The van der Waals surface area contributed by atoms with Gasteiger partial charge in [0.15, 0.2) is 0 Å². The van der Waals surface area contributed by atoms with Crippen molar-refractivity contribution in [3.63, 3.8) is 0 Å². The fraction of sp³-hybridized carbons (Fsp3) is 0.722. The molecule has 1 aliphatic heterocycles. The Balaban J connectivity index is 2.09. The molecule has 0 N–H and O–H groups in total. The van der Waals surface area contributed by atoms with Crippen molar-refractivity contribution in [1.29, 1.82) is 0 Å². The van der Waals surface area contributed by atoms with Gasteiger partial charge < -0.3 is 0 Å². The fourth-order valence-electron chi connectivity index (χ4n) is 3.13. The van der Waals surface area contributed by atoms with E-state index in [2.05, 4.69) is 31.6 Å². The van der Waals surface area contributed by atoms with E-state index in [-0.39, 0.29) is 0 Å². The average molecular weight is 272 g/mol. The molecule has 0 atom stereocenters. The maximum atomic E-state index is 5.73. The molecule has 1 fully saturated rings. The van der Waals surface area contributed by atoms with Crippen LogP contribution in [0.2, 0.25) is 0 Å². The Morgan fingerprint density at radius 3 is 2.60 bits per heavy atom. The number of rotatable bonds is 3. The van der Waals surface area contributed by atoms with Crippen molar-refractivity contribution in [2.24, 2.45) is 10.9 Å². The zero-order valence-electron chi connectivity index (χ0n) is 13.3. The molecule has 0 radical (unpaired) electrons. The molecule has 0 saturated heterocycles. The first-order valence-corrected chi connectivity index (χ1v) is 8.09.